The van der Waals surface area contributed by atoms with Gasteiger partial charge in [0, 0.05) is 6.42 Å². The summed E-state index contributed by atoms with van der Waals surface area (Å²) >= 11 is 0. The Bertz CT molecular complexity index is 203. The second kappa shape index (κ2) is 2.53. The number of nitrogens with two attached hydrogens (primary N) is 1. The molecule has 3 N–H and O–H groups in total. The van der Waals surface area contributed by atoms with E-state index in [1.807, 2.05) is 0 Å². The molecule has 0 aliphatic carbocycles. The first-order valence-electron chi connectivity index (χ1n) is 3.65. The molecule has 0 aromatic heterocycles. The largest absolute Gasteiger partial charge is 0.368 e. The fourth-order valence-corrected chi connectivity index (χ4v) is 1.22. The number of piperidine rings is 1. The van der Waals surface area contributed by atoms with E-state index in [9.17, 15) is 9.59 Å². The Labute approximate surface area is 65.1 Å². The Morgan fingerprint density at radius 2 is 2.36 bits per heavy atom. The molecule has 1 fully saturated rings. The zero-order chi connectivity index (χ0) is 8.48. The van der Waals surface area contributed by atoms with Gasteiger partial charge in [-0.2, -0.15) is 0 Å². The molecule has 0 aromatic carbocycles. The predicted octanol–water partition coefficient (Wildman–Crippen LogP) is -0.469. The van der Waals surface area contributed by atoms with Gasteiger partial charge in [0.2, 0.25) is 11.8 Å². The molecule has 0 spiro atoms. The van der Waals surface area contributed by atoms with Crippen LogP contribution in [0.25, 0.3) is 0 Å². The standard InChI is InChI=1S/C7H12N2O2/c1-7(6(8)11)4-2-3-5(10)9-7/h2-4H2,1H3,(H2,8,11)(H,9,10). The topological polar surface area (TPSA) is 72.2 Å². The van der Waals surface area contributed by atoms with E-state index in [-0.39, 0.29) is 5.91 Å². The Morgan fingerprint density at radius 3 is 2.73 bits per heavy atom. The molecular formula is C7H12N2O2. The van der Waals surface area contributed by atoms with Crippen LogP contribution in [0, 0.1) is 0 Å². The number of hydrogen-bond acceptors (Lipinski definition) is 2. The van der Waals surface area contributed by atoms with Crippen LogP contribution in [-0.4, -0.2) is 17.4 Å². The van der Waals surface area contributed by atoms with Crippen molar-refractivity contribution >= 4 is 11.8 Å². The van der Waals surface area contributed by atoms with E-state index in [2.05, 4.69) is 5.32 Å². The van der Waals surface area contributed by atoms with Gasteiger partial charge in [0.1, 0.15) is 5.54 Å². The van der Waals surface area contributed by atoms with Gasteiger partial charge < -0.3 is 11.1 Å². The zero-order valence-electron chi connectivity index (χ0n) is 6.52. The number of amides is 2. The summed E-state index contributed by atoms with van der Waals surface area (Å²) in [6.45, 7) is 1.66. The molecule has 1 heterocycles. The monoisotopic (exact) mass is 156 g/mol. The zero-order valence-corrected chi connectivity index (χ0v) is 6.52. The summed E-state index contributed by atoms with van der Waals surface area (Å²) in [7, 11) is 0. The lowest BCUT2D eigenvalue weighted by atomic mass is 9.90. The first-order valence-corrected chi connectivity index (χ1v) is 3.65. The van der Waals surface area contributed by atoms with E-state index in [1.165, 1.54) is 0 Å². The average Bonchev–Trinajstić information content (AvgIpc) is 1.86. The number of rotatable bonds is 1. The van der Waals surface area contributed by atoms with Crippen molar-refractivity contribution in [3.05, 3.63) is 0 Å². The van der Waals surface area contributed by atoms with Crippen molar-refractivity contribution in [3.8, 4) is 0 Å². The molecule has 1 aliphatic rings. The van der Waals surface area contributed by atoms with E-state index in [1.54, 1.807) is 6.92 Å². The molecule has 1 aliphatic heterocycles. The van der Waals surface area contributed by atoms with Gasteiger partial charge in [0.15, 0.2) is 0 Å². The Balaban J connectivity index is 2.70. The minimum Gasteiger partial charge on any atom is -0.368 e. The first-order chi connectivity index (χ1) is 5.04. The van der Waals surface area contributed by atoms with Crippen molar-refractivity contribution in [3.63, 3.8) is 0 Å². The van der Waals surface area contributed by atoms with E-state index in [0.29, 0.717) is 12.8 Å². The van der Waals surface area contributed by atoms with Crippen molar-refractivity contribution in [1.29, 1.82) is 0 Å². The van der Waals surface area contributed by atoms with Gasteiger partial charge >= 0.3 is 0 Å². The van der Waals surface area contributed by atoms with Crippen LogP contribution in [0.15, 0.2) is 0 Å². The van der Waals surface area contributed by atoms with Gasteiger partial charge in [0.25, 0.3) is 0 Å². The van der Waals surface area contributed by atoms with E-state index in [0.717, 1.165) is 6.42 Å². The molecule has 0 radical (unpaired) electrons. The molecule has 1 unspecified atom stereocenters. The summed E-state index contributed by atoms with van der Waals surface area (Å²) in [5.74, 6) is -0.539. The van der Waals surface area contributed by atoms with Gasteiger partial charge in [0.05, 0.1) is 0 Å². The fraction of sp³-hybridized carbons (Fsp3) is 0.714. The number of hydrogen-bond donors (Lipinski definition) is 2. The molecule has 0 aromatic rings. The molecule has 1 atom stereocenters. The molecule has 62 valence electrons. The van der Waals surface area contributed by atoms with Crippen molar-refractivity contribution in [1.82, 2.24) is 5.32 Å². The average molecular weight is 156 g/mol. The molecule has 2 amide bonds. The summed E-state index contributed by atoms with van der Waals surface area (Å²) in [6, 6.07) is 0. The van der Waals surface area contributed by atoms with Crippen LogP contribution >= 0.6 is 0 Å². The van der Waals surface area contributed by atoms with Gasteiger partial charge in [-0.25, -0.2) is 0 Å². The summed E-state index contributed by atoms with van der Waals surface area (Å²) < 4.78 is 0. The Morgan fingerprint density at radius 1 is 1.73 bits per heavy atom. The van der Waals surface area contributed by atoms with E-state index < -0.39 is 11.4 Å². The third-order valence-corrected chi connectivity index (χ3v) is 2.04. The summed E-state index contributed by atoms with van der Waals surface area (Å²) in [6.07, 6.45) is 1.89. The lowest BCUT2D eigenvalue weighted by Crippen LogP contribution is -2.57. The maximum atomic E-state index is 10.9. The van der Waals surface area contributed by atoms with E-state index in [4.69, 9.17) is 5.73 Å². The van der Waals surface area contributed by atoms with E-state index >= 15 is 0 Å². The van der Waals surface area contributed by atoms with Gasteiger partial charge in [-0.3, -0.25) is 9.59 Å². The molecule has 0 saturated carbocycles. The molecule has 1 saturated heterocycles. The maximum Gasteiger partial charge on any atom is 0.242 e. The minimum atomic E-state index is -0.810. The SMILES string of the molecule is CC1(C(N)=O)CCCC(=O)N1. The Hall–Kier alpha value is -1.06. The van der Waals surface area contributed by atoms with Crippen LogP contribution in [0.3, 0.4) is 0 Å². The molecule has 0 bridgehead atoms. The Kier molecular flexibility index (Phi) is 1.85. The second-order valence-corrected chi connectivity index (χ2v) is 3.10. The lowest BCUT2D eigenvalue weighted by Gasteiger charge is -2.31. The molecular weight excluding hydrogens is 144 g/mol. The van der Waals surface area contributed by atoms with Crippen LogP contribution in [0.1, 0.15) is 26.2 Å². The highest BCUT2D eigenvalue weighted by molar-refractivity contribution is 5.91. The molecule has 4 nitrogen and oxygen atoms in total. The first kappa shape index (κ1) is 8.04. The number of primary amides is 1. The van der Waals surface area contributed by atoms with Gasteiger partial charge in [-0.15, -0.1) is 0 Å². The van der Waals surface area contributed by atoms with Crippen molar-refractivity contribution in [2.75, 3.05) is 0 Å². The smallest absolute Gasteiger partial charge is 0.242 e. The van der Waals surface area contributed by atoms with Crippen molar-refractivity contribution in [2.24, 2.45) is 5.73 Å². The lowest BCUT2D eigenvalue weighted by molar-refractivity contribution is -0.133. The third-order valence-electron chi connectivity index (χ3n) is 2.04. The third kappa shape index (κ3) is 1.50. The van der Waals surface area contributed by atoms with Crippen LogP contribution in [0.4, 0.5) is 0 Å². The van der Waals surface area contributed by atoms with Crippen LogP contribution in [0.2, 0.25) is 0 Å². The molecule has 4 heteroatoms. The van der Waals surface area contributed by atoms with Crippen molar-refractivity contribution < 1.29 is 9.59 Å². The normalized spacial score (nSPS) is 31.2. The number of carbonyl (C=O) groups excluding carboxylic acids is 2. The minimum absolute atomic E-state index is 0.0856. The van der Waals surface area contributed by atoms with Crippen molar-refractivity contribution in [2.45, 2.75) is 31.7 Å². The number of nitrogens with one attached hydrogen (secondary N) is 1. The van der Waals surface area contributed by atoms with Crippen LogP contribution in [0.5, 0.6) is 0 Å². The highest BCUT2D eigenvalue weighted by atomic mass is 16.2. The van der Waals surface area contributed by atoms with Crippen LogP contribution < -0.4 is 11.1 Å². The van der Waals surface area contributed by atoms with Gasteiger partial charge in [-0.05, 0) is 19.8 Å². The quantitative estimate of drug-likeness (QED) is 0.538. The number of carbonyl (C=O) groups is 2. The summed E-state index contributed by atoms with van der Waals surface area (Å²) in [5.41, 5.74) is 4.30. The maximum absolute atomic E-state index is 10.9. The fourth-order valence-electron chi connectivity index (χ4n) is 1.22. The second-order valence-electron chi connectivity index (χ2n) is 3.10. The molecule has 1 rings (SSSR count). The highest BCUT2D eigenvalue weighted by Gasteiger charge is 2.35. The predicted molar refractivity (Wildman–Crippen MR) is 39.6 cm³/mol. The summed E-state index contributed by atoms with van der Waals surface area (Å²) in [5, 5.41) is 2.58. The van der Waals surface area contributed by atoms with Crippen LogP contribution in [-0.2, 0) is 9.59 Å². The van der Waals surface area contributed by atoms with Gasteiger partial charge in [-0.1, -0.05) is 0 Å². The summed E-state index contributed by atoms with van der Waals surface area (Å²) in [4.78, 5) is 21.7. The molecule has 11 heavy (non-hydrogen) atoms. The highest BCUT2D eigenvalue weighted by Crippen LogP contribution is 2.18.